The van der Waals surface area contributed by atoms with Crippen molar-refractivity contribution in [1.82, 2.24) is 19.7 Å². The second kappa shape index (κ2) is 8.16. The van der Waals surface area contributed by atoms with Crippen molar-refractivity contribution in [3.8, 4) is 17.6 Å². The van der Waals surface area contributed by atoms with Crippen LogP contribution in [-0.4, -0.2) is 26.4 Å². The van der Waals surface area contributed by atoms with E-state index in [-0.39, 0.29) is 35.0 Å². The van der Waals surface area contributed by atoms with Crippen LogP contribution in [0, 0.1) is 11.3 Å². The summed E-state index contributed by atoms with van der Waals surface area (Å²) in [4.78, 5) is 28.0. The van der Waals surface area contributed by atoms with Gasteiger partial charge in [-0.15, -0.1) is 10.2 Å². The van der Waals surface area contributed by atoms with Crippen LogP contribution in [0.2, 0.25) is 0 Å². The normalized spacial score (nSPS) is 11.6. The van der Waals surface area contributed by atoms with E-state index < -0.39 is 11.2 Å². The first-order valence-electron chi connectivity index (χ1n) is 9.26. The number of para-hydroxylation sites is 1. The number of azo groups is 1. The summed E-state index contributed by atoms with van der Waals surface area (Å²) in [6.45, 7) is 7.69. The number of ether oxygens (including phenoxy) is 1. The van der Waals surface area contributed by atoms with Crippen molar-refractivity contribution in [2.75, 3.05) is 6.61 Å². The van der Waals surface area contributed by atoms with Crippen molar-refractivity contribution in [2.45, 2.75) is 33.1 Å². The lowest BCUT2D eigenvalue weighted by atomic mass is 9.90. The second-order valence-corrected chi connectivity index (χ2v) is 7.38. The number of H-pyrrole nitrogens is 2. The molecule has 0 atom stereocenters. The van der Waals surface area contributed by atoms with Crippen molar-refractivity contribution >= 4 is 11.5 Å². The van der Waals surface area contributed by atoms with Crippen LogP contribution in [-0.2, 0) is 5.41 Å². The number of hydrogen-bond donors (Lipinski definition) is 2. The molecular weight excluding hydrogens is 386 g/mol. The summed E-state index contributed by atoms with van der Waals surface area (Å²) >= 11 is 0. The lowest BCUT2D eigenvalue weighted by Crippen LogP contribution is -2.33. The maximum atomic E-state index is 13.0. The van der Waals surface area contributed by atoms with Gasteiger partial charge in [0.1, 0.15) is 11.6 Å². The Morgan fingerprint density at radius 1 is 1.20 bits per heavy atom. The molecule has 0 amide bonds. The summed E-state index contributed by atoms with van der Waals surface area (Å²) in [5, 5.41) is 24.4. The van der Waals surface area contributed by atoms with Crippen LogP contribution in [0.5, 0.6) is 5.88 Å². The molecule has 2 N–H and O–H groups in total. The molecule has 154 valence electrons. The molecule has 0 spiro atoms. The van der Waals surface area contributed by atoms with Gasteiger partial charge >= 0.3 is 5.69 Å². The minimum absolute atomic E-state index is 0.0433. The van der Waals surface area contributed by atoms with Crippen LogP contribution in [0.25, 0.3) is 5.69 Å². The smallest absolute Gasteiger partial charge is 0.335 e. The zero-order valence-electron chi connectivity index (χ0n) is 17.1. The molecule has 30 heavy (non-hydrogen) atoms. The van der Waals surface area contributed by atoms with E-state index in [0.29, 0.717) is 11.4 Å². The molecule has 10 heteroatoms. The van der Waals surface area contributed by atoms with Gasteiger partial charge in [-0.25, -0.2) is 9.36 Å². The summed E-state index contributed by atoms with van der Waals surface area (Å²) in [7, 11) is 0. The summed E-state index contributed by atoms with van der Waals surface area (Å²) in [5.41, 5.74) is -0.729. The third kappa shape index (κ3) is 3.91. The number of benzene rings is 1. The average molecular weight is 407 g/mol. The summed E-state index contributed by atoms with van der Waals surface area (Å²) in [5.74, 6) is -0.0600. The van der Waals surface area contributed by atoms with E-state index in [4.69, 9.17) is 4.74 Å². The monoisotopic (exact) mass is 407 g/mol. The zero-order valence-corrected chi connectivity index (χ0v) is 17.1. The van der Waals surface area contributed by atoms with Crippen molar-refractivity contribution < 1.29 is 4.74 Å². The number of rotatable bonds is 5. The molecule has 0 unspecified atom stereocenters. The average Bonchev–Trinajstić information content (AvgIpc) is 3.12. The highest BCUT2D eigenvalue weighted by atomic mass is 16.5. The summed E-state index contributed by atoms with van der Waals surface area (Å²) in [6.07, 6.45) is 0. The van der Waals surface area contributed by atoms with E-state index in [0.717, 1.165) is 4.57 Å². The molecule has 0 aliphatic rings. The predicted molar refractivity (Wildman–Crippen MR) is 110 cm³/mol. The van der Waals surface area contributed by atoms with E-state index in [1.165, 1.54) is 0 Å². The summed E-state index contributed by atoms with van der Waals surface area (Å²) in [6, 6.07) is 10.5. The molecule has 0 aliphatic heterocycles. The van der Waals surface area contributed by atoms with Gasteiger partial charge in [-0.2, -0.15) is 10.4 Å². The Kier molecular flexibility index (Phi) is 5.64. The van der Waals surface area contributed by atoms with Gasteiger partial charge in [-0.1, -0.05) is 39.0 Å². The number of nitrogens with zero attached hydrogens (tertiary/aromatic N) is 5. The minimum atomic E-state index is -0.706. The largest absolute Gasteiger partial charge is 0.477 e. The van der Waals surface area contributed by atoms with Crippen LogP contribution in [0.1, 0.15) is 39.0 Å². The van der Waals surface area contributed by atoms with Crippen LogP contribution in [0.4, 0.5) is 11.5 Å². The number of hydrogen-bond acceptors (Lipinski definition) is 7. The van der Waals surface area contributed by atoms with E-state index >= 15 is 0 Å². The van der Waals surface area contributed by atoms with Gasteiger partial charge in [0.2, 0.25) is 17.4 Å². The van der Waals surface area contributed by atoms with Gasteiger partial charge in [0.15, 0.2) is 0 Å². The number of aromatic amines is 2. The Hall–Kier alpha value is -4.00. The number of nitrogens with one attached hydrogen (secondary N) is 2. The predicted octanol–water partition coefficient (Wildman–Crippen LogP) is 3.23. The number of aromatic nitrogens is 4. The fourth-order valence-corrected chi connectivity index (χ4v) is 2.81. The van der Waals surface area contributed by atoms with Crippen molar-refractivity contribution in [2.24, 2.45) is 10.2 Å². The fraction of sp³-hybridized carbons (Fsp3) is 0.300. The van der Waals surface area contributed by atoms with E-state index in [1.807, 2.05) is 20.8 Å². The van der Waals surface area contributed by atoms with Gasteiger partial charge in [0.25, 0.3) is 5.56 Å². The molecule has 1 aromatic carbocycles. The van der Waals surface area contributed by atoms with Crippen molar-refractivity contribution in [3.63, 3.8) is 0 Å². The maximum Gasteiger partial charge on any atom is 0.335 e. The minimum Gasteiger partial charge on any atom is -0.477 e. The first kappa shape index (κ1) is 20.7. The Morgan fingerprint density at radius 3 is 2.50 bits per heavy atom. The highest BCUT2D eigenvalue weighted by molar-refractivity contribution is 5.53. The molecule has 10 nitrogen and oxygen atoms in total. The van der Waals surface area contributed by atoms with E-state index in [2.05, 4.69) is 31.5 Å². The quantitative estimate of drug-likeness (QED) is 0.625. The van der Waals surface area contributed by atoms with Crippen LogP contribution >= 0.6 is 0 Å². The standard InChI is InChI=1S/C20H21N7O3/c1-5-30-17-14(18(28)27(19(29)22-17)12-9-7-6-8-10-12)23-25-16-13(11-21)15(24-26-16)20(2,3)4/h6-10H,5H2,1-4H3,(H,22,29)(H,24,26)/b25-23+. The molecule has 0 radical (unpaired) electrons. The molecule has 0 fully saturated rings. The third-order valence-electron chi connectivity index (χ3n) is 4.20. The Labute approximate surface area is 171 Å². The first-order chi connectivity index (χ1) is 14.3. The van der Waals surface area contributed by atoms with Crippen molar-refractivity contribution in [3.05, 3.63) is 62.4 Å². The first-order valence-corrected chi connectivity index (χ1v) is 9.26. The van der Waals surface area contributed by atoms with Crippen LogP contribution in [0.15, 0.2) is 50.1 Å². The van der Waals surface area contributed by atoms with Crippen LogP contribution < -0.4 is 16.0 Å². The van der Waals surface area contributed by atoms with E-state index in [1.54, 1.807) is 37.3 Å². The third-order valence-corrected chi connectivity index (χ3v) is 4.20. The molecule has 3 aromatic rings. The van der Waals surface area contributed by atoms with Gasteiger partial charge in [0, 0.05) is 5.41 Å². The van der Waals surface area contributed by atoms with Gasteiger partial charge in [-0.05, 0) is 19.1 Å². The van der Waals surface area contributed by atoms with Gasteiger partial charge < -0.3 is 4.74 Å². The molecule has 2 heterocycles. The lowest BCUT2D eigenvalue weighted by Gasteiger charge is -2.15. The zero-order chi connectivity index (χ0) is 21.9. The topological polar surface area (TPSA) is 141 Å². The molecule has 3 rings (SSSR count). The fourth-order valence-electron chi connectivity index (χ4n) is 2.81. The maximum absolute atomic E-state index is 13.0. The molecular formula is C20H21N7O3. The Bertz CT molecular complexity index is 1240. The van der Waals surface area contributed by atoms with Crippen LogP contribution in [0.3, 0.4) is 0 Å². The summed E-state index contributed by atoms with van der Waals surface area (Å²) < 4.78 is 6.32. The molecule has 2 aromatic heterocycles. The lowest BCUT2D eigenvalue weighted by molar-refractivity contribution is 0.325. The molecule has 0 aliphatic carbocycles. The Morgan fingerprint density at radius 2 is 1.90 bits per heavy atom. The molecule has 0 bridgehead atoms. The number of nitriles is 1. The molecule has 0 saturated carbocycles. The Balaban J connectivity index is 2.17. The van der Waals surface area contributed by atoms with Crippen molar-refractivity contribution in [1.29, 1.82) is 5.26 Å². The van der Waals surface area contributed by atoms with E-state index in [9.17, 15) is 14.9 Å². The highest BCUT2D eigenvalue weighted by Crippen LogP contribution is 2.30. The SMILES string of the molecule is CCOc1[nH]c(=O)n(-c2ccccc2)c(=O)c1/N=N/c1n[nH]c(C(C)(C)C)c1C#N. The second-order valence-electron chi connectivity index (χ2n) is 7.38. The van der Waals surface area contributed by atoms with Gasteiger partial charge in [0.05, 0.1) is 18.0 Å². The highest BCUT2D eigenvalue weighted by Gasteiger charge is 2.24. The molecule has 0 saturated heterocycles. The van der Waals surface area contributed by atoms with Gasteiger partial charge in [-0.3, -0.25) is 14.9 Å².